The number of nitriles is 1. The van der Waals surface area contributed by atoms with Gasteiger partial charge in [0.2, 0.25) is 0 Å². The molecule has 6 heteroatoms. The van der Waals surface area contributed by atoms with Gasteiger partial charge in [0.15, 0.2) is 0 Å². The van der Waals surface area contributed by atoms with Gasteiger partial charge in [0.25, 0.3) is 0 Å². The third-order valence-electron chi connectivity index (χ3n) is 5.04. The number of ether oxygens (including phenoxy) is 1. The molecule has 0 amide bonds. The quantitative estimate of drug-likeness (QED) is 0.792. The van der Waals surface area contributed by atoms with E-state index in [-0.39, 0.29) is 12.7 Å². The summed E-state index contributed by atoms with van der Waals surface area (Å²) < 4.78 is 19.9. The van der Waals surface area contributed by atoms with E-state index >= 15 is 0 Å². The first-order chi connectivity index (χ1) is 13.5. The monoisotopic (exact) mass is 382 g/mol. The van der Waals surface area contributed by atoms with Crippen LogP contribution in [0, 0.1) is 17.1 Å². The molecule has 28 heavy (non-hydrogen) atoms. The van der Waals surface area contributed by atoms with Gasteiger partial charge in [0, 0.05) is 18.7 Å². The topological polar surface area (TPSA) is 73.6 Å². The molecular weight excluding hydrogens is 359 g/mol. The zero-order valence-corrected chi connectivity index (χ0v) is 15.6. The maximum absolute atomic E-state index is 14.0. The number of carbonyl (C=O) groups is 1. The van der Waals surface area contributed by atoms with Crippen molar-refractivity contribution in [3.63, 3.8) is 0 Å². The van der Waals surface area contributed by atoms with Crippen LogP contribution in [-0.4, -0.2) is 41.7 Å². The molecule has 1 unspecified atom stereocenters. The summed E-state index contributed by atoms with van der Waals surface area (Å²) in [4.78, 5) is 13.2. The molecule has 1 heterocycles. The van der Waals surface area contributed by atoms with Crippen molar-refractivity contribution >= 4 is 5.97 Å². The van der Waals surface area contributed by atoms with Crippen molar-refractivity contribution in [2.75, 3.05) is 19.6 Å². The van der Waals surface area contributed by atoms with Crippen LogP contribution >= 0.6 is 0 Å². The number of hydrogen-bond acceptors (Lipinski definition) is 4. The van der Waals surface area contributed by atoms with E-state index in [0.717, 1.165) is 44.5 Å². The van der Waals surface area contributed by atoms with E-state index in [0.29, 0.717) is 16.7 Å². The van der Waals surface area contributed by atoms with E-state index in [1.54, 1.807) is 24.3 Å². The number of piperidine rings is 1. The lowest BCUT2D eigenvalue weighted by Crippen LogP contribution is -2.40. The van der Waals surface area contributed by atoms with Crippen LogP contribution in [0.4, 0.5) is 4.39 Å². The molecule has 2 aromatic rings. The Bertz CT molecular complexity index is 861. The second-order valence-corrected chi connectivity index (χ2v) is 7.05. The van der Waals surface area contributed by atoms with Crippen molar-refractivity contribution in [1.29, 1.82) is 5.26 Å². The Labute approximate surface area is 164 Å². The summed E-state index contributed by atoms with van der Waals surface area (Å²) in [5.74, 6) is -1.32. The Morgan fingerprint density at radius 2 is 2.07 bits per heavy atom. The highest BCUT2D eigenvalue weighted by Crippen LogP contribution is 2.18. The number of halogens is 1. The van der Waals surface area contributed by atoms with Gasteiger partial charge >= 0.3 is 5.97 Å². The molecule has 0 bridgehead atoms. The lowest BCUT2D eigenvalue weighted by Gasteiger charge is -2.32. The van der Waals surface area contributed by atoms with E-state index in [1.165, 1.54) is 6.07 Å². The van der Waals surface area contributed by atoms with Crippen molar-refractivity contribution in [2.24, 2.45) is 0 Å². The van der Waals surface area contributed by atoms with Gasteiger partial charge in [-0.05, 0) is 55.6 Å². The maximum Gasteiger partial charge on any atom is 0.335 e. The molecule has 0 radical (unpaired) electrons. The summed E-state index contributed by atoms with van der Waals surface area (Å²) in [7, 11) is 0. The number of rotatable bonds is 7. The molecule has 0 aliphatic carbocycles. The Hall–Kier alpha value is -2.75. The Balaban J connectivity index is 1.47. The van der Waals surface area contributed by atoms with Crippen LogP contribution in [0.15, 0.2) is 42.5 Å². The third-order valence-corrected chi connectivity index (χ3v) is 5.04. The molecule has 1 aliphatic rings. The van der Waals surface area contributed by atoms with Crippen LogP contribution in [0.5, 0.6) is 0 Å². The van der Waals surface area contributed by atoms with E-state index in [4.69, 9.17) is 15.1 Å². The number of carboxylic acid groups (broad SMARTS) is 1. The predicted octanol–water partition coefficient (Wildman–Crippen LogP) is 3.62. The lowest BCUT2D eigenvalue weighted by atomic mass is 10.1. The molecule has 5 nitrogen and oxygen atoms in total. The van der Waals surface area contributed by atoms with E-state index < -0.39 is 11.8 Å². The average Bonchev–Trinajstić information content (AvgIpc) is 2.72. The molecule has 3 rings (SSSR count). The van der Waals surface area contributed by atoms with Crippen LogP contribution in [0.1, 0.15) is 39.9 Å². The van der Waals surface area contributed by atoms with Crippen molar-refractivity contribution < 1.29 is 19.0 Å². The zero-order valence-electron chi connectivity index (χ0n) is 15.6. The summed E-state index contributed by atoms with van der Waals surface area (Å²) in [6.45, 7) is 2.87. The van der Waals surface area contributed by atoms with Gasteiger partial charge < -0.3 is 14.7 Å². The standard InChI is InChI=1S/C22H23FN2O3/c23-21-12-17(13-24)5-8-19(21)15-28-20-2-1-10-25(14-20)11-9-16-3-6-18(7-4-16)22(26)27/h3-8,12,20H,1-2,9-11,14-15H2,(H,26,27). The highest BCUT2D eigenvalue weighted by molar-refractivity contribution is 5.87. The van der Waals surface area contributed by atoms with Crippen LogP contribution < -0.4 is 0 Å². The fourth-order valence-corrected chi connectivity index (χ4v) is 3.39. The molecule has 2 aromatic carbocycles. The molecule has 1 saturated heterocycles. The zero-order chi connectivity index (χ0) is 19.9. The largest absolute Gasteiger partial charge is 0.478 e. The number of aromatic carboxylic acids is 1. The van der Waals surface area contributed by atoms with Gasteiger partial charge in [-0.2, -0.15) is 5.26 Å². The average molecular weight is 382 g/mol. The molecule has 0 spiro atoms. The molecule has 1 atom stereocenters. The smallest absolute Gasteiger partial charge is 0.335 e. The third kappa shape index (κ3) is 5.38. The lowest BCUT2D eigenvalue weighted by molar-refractivity contribution is -0.0106. The summed E-state index contributed by atoms with van der Waals surface area (Å²) in [5, 5.41) is 17.8. The van der Waals surface area contributed by atoms with Gasteiger partial charge in [0.05, 0.1) is 29.9 Å². The summed E-state index contributed by atoms with van der Waals surface area (Å²) >= 11 is 0. The van der Waals surface area contributed by atoms with Crippen molar-refractivity contribution in [3.05, 3.63) is 70.5 Å². The van der Waals surface area contributed by atoms with Crippen LogP contribution in [-0.2, 0) is 17.8 Å². The highest BCUT2D eigenvalue weighted by atomic mass is 19.1. The molecule has 0 saturated carbocycles. The maximum atomic E-state index is 14.0. The molecule has 146 valence electrons. The fraction of sp³-hybridized carbons (Fsp3) is 0.364. The molecular formula is C22H23FN2O3. The van der Waals surface area contributed by atoms with Gasteiger partial charge in [-0.25, -0.2) is 9.18 Å². The van der Waals surface area contributed by atoms with E-state index in [9.17, 15) is 9.18 Å². The minimum absolute atomic E-state index is 0.0539. The Morgan fingerprint density at radius 3 is 2.75 bits per heavy atom. The molecule has 1 aliphatic heterocycles. The number of benzene rings is 2. The van der Waals surface area contributed by atoms with Gasteiger partial charge in [-0.3, -0.25) is 0 Å². The van der Waals surface area contributed by atoms with E-state index in [2.05, 4.69) is 4.90 Å². The van der Waals surface area contributed by atoms with Crippen LogP contribution in [0.2, 0.25) is 0 Å². The Kier molecular flexibility index (Phi) is 6.75. The highest BCUT2D eigenvalue weighted by Gasteiger charge is 2.20. The first-order valence-electron chi connectivity index (χ1n) is 9.40. The summed E-state index contributed by atoms with van der Waals surface area (Å²) in [6, 6.07) is 13.3. The van der Waals surface area contributed by atoms with Crippen molar-refractivity contribution in [3.8, 4) is 6.07 Å². The van der Waals surface area contributed by atoms with Gasteiger partial charge in [-0.15, -0.1) is 0 Å². The molecule has 0 aromatic heterocycles. The number of nitrogens with zero attached hydrogens (tertiary/aromatic N) is 2. The predicted molar refractivity (Wildman–Crippen MR) is 102 cm³/mol. The summed E-state index contributed by atoms with van der Waals surface area (Å²) in [5.41, 5.74) is 2.18. The second kappa shape index (κ2) is 9.45. The van der Waals surface area contributed by atoms with Crippen molar-refractivity contribution in [2.45, 2.75) is 32.0 Å². The van der Waals surface area contributed by atoms with Crippen molar-refractivity contribution in [1.82, 2.24) is 4.90 Å². The Morgan fingerprint density at radius 1 is 1.29 bits per heavy atom. The normalized spacial score (nSPS) is 17.2. The number of carboxylic acids is 1. The fourth-order valence-electron chi connectivity index (χ4n) is 3.39. The van der Waals surface area contributed by atoms with Gasteiger partial charge in [0.1, 0.15) is 5.82 Å². The van der Waals surface area contributed by atoms with Crippen LogP contribution in [0.25, 0.3) is 0 Å². The summed E-state index contributed by atoms with van der Waals surface area (Å²) in [6.07, 6.45) is 2.87. The first-order valence-corrected chi connectivity index (χ1v) is 9.40. The second-order valence-electron chi connectivity index (χ2n) is 7.05. The van der Waals surface area contributed by atoms with Gasteiger partial charge in [-0.1, -0.05) is 18.2 Å². The number of likely N-dealkylation sites (tertiary alicyclic amines) is 1. The van der Waals surface area contributed by atoms with Crippen LogP contribution in [0.3, 0.4) is 0 Å². The molecule has 1 N–H and O–H groups in total. The first kappa shape index (κ1) is 20.0. The van der Waals surface area contributed by atoms with E-state index in [1.807, 2.05) is 18.2 Å². The SMILES string of the molecule is N#Cc1ccc(COC2CCCN(CCc3ccc(C(=O)O)cc3)C2)c(F)c1. The minimum Gasteiger partial charge on any atom is -0.478 e. The number of hydrogen-bond donors (Lipinski definition) is 1. The minimum atomic E-state index is -0.915. The molecule has 1 fully saturated rings.